The van der Waals surface area contributed by atoms with Crippen LogP contribution in [0.3, 0.4) is 0 Å². The van der Waals surface area contributed by atoms with E-state index in [9.17, 15) is 14.0 Å². The van der Waals surface area contributed by atoms with Crippen LogP contribution in [0.1, 0.15) is 16.8 Å². The molecule has 0 heterocycles. The number of hydrogen-bond acceptors (Lipinski definition) is 4. The van der Waals surface area contributed by atoms with Crippen LogP contribution in [0.25, 0.3) is 0 Å². The molecule has 0 saturated heterocycles. The van der Waals surface area contributed by atoms with Gasteiger partial charge in [0.2, 0.25) is 5.91 Å². The SMILES string of the molecule is NC(=O)CCNc1cc(F)c(C(=O)O)cc1N. The summed E-state index contributed by atoms with van der Waals surface area (Å²) in [6.45, 7) is 0.200. The van der Waals surface area contributed by atoms with Crippen molar-refractivity contribution in [2.45, 2.75) is 6.42 Å². The molecular weight excluding hydrogens is 229 g/mol. The highest BCUT2D eigenvalue weighted by Gasteiger charge is 2.13. The van der Waals surface area contributed by atoms with Crippen LogP contribution in [0.2, 0.25) is 0 Å². The van der Waals surface area contributed by atoms with Crippen LogP contribution in [-0.2, 0) is 4.79 Å². The molecule has 92 valence electrons. The Hall–Kier alpha value is -2.31. The number of benzene rings is 1. The number of halogens is 1. The average Bonchev–Trinajstić information content (AvgIpc) is 2.21. The Morgan fingerprint density at radius 2 is 2.06 bits per heavy atom. The Bertz CT molecular complexity index is 462. The molecule has 0 aromatic heterocycles. The third-order valence-corrected chi connectivity index (χ3v) is 2.06. The lowest BCUT2D eigenvalue weighted by Crippen LogP contribution is -2.16. The molecule has 1 rings (SSSR count). The summed E-state index contributed by atoms with van der Waals surface area (Å²) in [5, 5.41) is 11.3. The number of primary amides is 1. The minimum atomic E-state index is -1.39. The van der Waals surface area contributed by atoms with E-state index in [0.717, 1.165) is 12.1 Å². The topological polar surface area (TPSA) is 118 Å². The van der Waals surface area contributed by atoms with Crippen molar-refractivity contribution in [1.29, 1.82) is 0 Å². The van der Waals surface area contributed by atoms with Gasteiger partial charge in [0.25, 0.3) is 0 Å². The quantitative estimate of drug-likeness (QED) is 0.556. The molecule has 6 N–H and O–H groups in total. The van der Waals surface area contributed by atoms with E-state index < -0.39 is 23.3 Å². The van der Waals surface area contributed by atoms with Crippen molar-refractivity contribution in [1.82, 2.24) is 0 Å². The molecule has 0 atom stereocenters. The number of rotatable bonds is 5. The zero-order valence-electron chi connectivity index (χ0n) is 8.87. The standard InChI is InChI=1S/C10H12FN3O3/c11-6-4-8(14-2-1-9(13)15)7(12)3-5(6)10(16)17/h3-4,14H,1-2,12H2,(H2,13,15)(H,16,17). The van der Waals surface area contributed by atoms with Crippen LogP contribution < -0.4 is 16.8 Å². The summed E-state index contributed by atoms with van der Waals surface area (Å²) in [4.78, 5) is 21.1. The molecule has 0 aliphatic heterocycles. The molecule has 0 saturated carbocycles. The zero-order chi connectivity index (χ0) is 13.0. The summed E-state index contributed by atoms with van der Waals surface area (Å²) in [5.74, 6) is -2.79. The van der Waals surface area contributed by atoms with Gasteiger partial charge in [0.1, 0.15) is 5.82 Å². The van der Waals surface area contributed by atoms with Crippen LogP contribution in [0.15, 0.2) is 12.1 Å². The van der Waals surface area contributed by atoms with Crippen molar-refractivity contribution in [3.05, 3.63) is 23.5 Å². The molecule has 7 heteroatoms. The van der Waals surface area contributed by atoms with Gasteiger partial charge < -0.3 is 21.9 Å². The van der Waals surface area contributed by atoms with Crippen molar-refractivity contribution in [2.24, 2.45) is 5.73 Å². The molecule has 0 aliphatic rings. The van der Waals surface area contributed by atoms with E-state index in [1.165, 1.54) is 0 Å². The van der Waals surface area contributed by atoms with E-state index in [1.54, 1.807) is 0 Å². The molecule has 1 aromatic carbocycles. The number of nitrogens with one attached hydrogen (secondary N) is 1. The van der Waals surface area contributed by atoms with E-state index in [-0.39, 0.29) is 24.3 Å². The van der Waals surface area contributed by atoms with Crippen molar-refractivity contribution in [3.8, 4) is 0 Å². The predicted molar refractivity (Wildman–Crippen MR) is 60.1 cm³/mol. The number of carbonyl (C=O) groups excluding carboxylic acids is 1. The normalized spacial score (nSPS) is 9.94. The molecule has 1 amide bonds. The zero-order valence-corrected chi connectivity index (χ0v) is 8.87. The van der Waals surface area contributed by atoms with Crippen LogP contribution in [-0.4, -0.2) is 23.5 Å². The highest BCUT2D eigenvalue weighted by Crippen LogP contribution is 2.22. The van der Waals surface area contributed by atoms with E-state index in [4.69, 9.17) is 16.6 Å². The molecular formula is C10H12FN3O3. The smallest absolute Gasteiger partial charge is 0.338 e. The van der Waals surface area contributed by atoms with Gasteiger partial charge in [-0.3, -0.25) is 4.79 Å². The largest absolute Gasteiger partial charge is 0.478 e. The number of amides is 1. The molecule has 0 fully saturated rings. The summed E-state index contributed by atoms with van der Waals surface area (Å²) in [6.07, 6.45) is 0.0712. The van der Waals surface area contributed by atoms with Crippen LogP contribution in [0, 0.1) is 5.82 Å². The van der Waals surface area contributed by atoms with Gasteiger partial charge in [-0.05, 0) is 12.1 Å². The molecule has 0 unspecified atom stereocenters. The maximum absolute atomic E-state index is 13.3. The van der Waals surface area contributed by atoms with Crippen molar-refractivity contribution >= 4 is 23.3 Å². The van der Waals surface area contributed by atoms with Crippen LogP contribution in [0.5, 0.6) is 0 Å². The first-order chi connectivity index (χ1) is 7.91. The second kappa shape index (κ2) is 5.15. The lowest BCUT2D eigenvalue weighted by atomic mass is 10.1. The van der Waals surface area contributed by atoms with Gasteiger partial charge in [-0.25, -0.2) is 9.18 Å². The van der Waals surface area contributed by atoms with Crippen molar-refractivity contribution in [3.63, 3.8) is 0 Å². The van der Waals surface area contributed by atoms with Gasteiger partial charge in [0.15, 0.2) is 0 Å². The lowest BCUT2D eigenvalue weighted by molar-refractivity contribution is -0.117. The monoisotopic (exact) mass is 241 g/mol. The molecule has 17 heavy (non-hydrogen) atoms. The Labute approximate surface area is 96.4 Å². The lowest BCUT2D eigenvalue weighted by Gasteiger charge is -2.09. The molecule has 1 aromatic rings. The average molecular weight is 241 g/mol. The third kappa shape index (κ3) is 3.33. The van der Waals surface area contributed by atoms with Crippen molar-refractivity contribution in [2.75, 3.05) is 17.6 Å². The van der Waals surface area contributed by atoms with Gasteiger partial charge in [0, 0.05) is 13.0 Å². The number of carboxylic acid groups (broad SMARTS) is 1. The number of hydrogen-bond donors (Lipinski definition) is 4. The van der Waals surface area contributed by atoms with E-state index in [0.29, 0.717) is 0 Å². The van der Waals surface area contributed by atoms with E-state index in [1.807, 2.05) is 0 Å². The molecule has 0 radical (unpaired) electrons. The number of carbonyl (C=O) groups is 2. The van der Waals surface area contributed by atoms with E-state index in [2.05, 4.69) is 5.32 Å². The first-order valence-corrected chi connectivity index (χ1v) is 4.76. The fourth-order valence-corrected chi connectivity index (χ4v) is 1.23. The Balaban J connectivity index is 2.84. The Kier molecular flexibility index (Phi) is 3.86. The fraction of sp³-hybridized carbons (Fsp3) is 0.200. The molecule has 6 nitrogen and oxygen atoms in total. The Morgan fingerprint density at radius 3 is 2.59 bits per heavy atom. The van der Waals surface area contributed by atoms with Gasteiger partial charge >= 0.3 is 5.97 Å². The maximum atomic E-state index is 13.3. The summed E-state index contributed by atoms with van der Waals surface area (Å²) < 4.78 is 13.3. The van der Waals surface area contributed by atoms with Gasteiger partial charge in [-0.1, -0.05) is 0 Å². The third-order valence-electron chi connectivity index (χ3n) is 2.06. The van der Waals surface area contributed by atoms with E-state index >= 15 is 0 Å². The number of nitrogens with two attached hydrogens (primary N) is 2. The number of carboxylic acids is 1. The van der Waals surface area contributed by atoms with Gasteiger partial charge in [-0.15, -0.1) is 0 Å². The van der Waals surface area contributed by atoms with Gasteiger partial charge in [-0.2, -0.15) is 0 Å². The second-order valence-electron chi connectivity index (χ2n) is 3.37. The maximum Gasteiger partial charge on any atom is 0.338 e. The summed E-state index contributed by atoms with van der Waals surface area (Å²) in [7, 11) is 0. The molecule has 0 aliphatic carbocycles. The number of aromatic carboxylic acids is 1. The first-order valence-electron chi connectivity index (χ1n) is 4.76. The van der Waals surface area contributed by atoms with Crippen molar-refractivity contribution < 1.29 is 19.1 Å². The first kappa shape index (κ1) is 12.8. The Morgan fingerprint density at radius 1 is 1.41 bits per heavy atom. The summed E-state index contributed by atoms with van der Waals surface area (Å²) >= 11 is 0. The van der Waals surface area contributed by atoms with Crippen LogP contribution in [0.4, 0.5) is 15.8 Å². The minimum Gasteiger partial charge on any atom is -0.478 e. The summed E-state index contributed by atoms with van der Waals surface area (Å²) in [5.41, 5.74) is 10.3. The minimum absolute atomic E-state index is 0.0712. The summed E-state index contributed by atoms with van der Waals surface area (Å²) in [6, 6.07) is 1.99. The number of nitrogen functional groups attached to an aromatic ring is 1. The highest BCUT2D eigenvalue weighted by atomic mass is 19.1. The van der Waals surface area contributed by atoms with Crippen LogP contribution >= 0.6 is 0 Å². The second-order valence-corrected chi connectivity index (χ2v) is 3.37. The molecule has 0 spiro atoms. The fourth-order valence-electron chi connectivity index (χ4n) is 1.23. The predicted octanol–water partition coefficient (Wildman–Crippen LogP) is 0.393. The molecule has 0 bridgehead atoms. The van der Waals surface area contributed by atoms with Gasteiger partial charge in [0.05, 0.1) is 16.9 Å². The highest BCUT2D eigenvalue weighted by molar-refractivity contribution is 5.90. The number of anilines is 2.